The van der Waals surface area contributed by atoms with Gasteiger partial charge in [0.1, 0.15) is 12.1 Å². The van der Waals surface area contributed by atoms with Crippen LogP contribution < -0.4 is 5.32 Å². The molecule has 0 saturated carbocycles. The molecule has 0 radical (unpaired) electrons. The normalized spacial score (nSPS) is 18.9. The van der Waals surface area contributed by atoms with Crippen LogP contribution in [-0.4, -0.2) is 49.6 Å². The van der Waals surface area contributed by atoms with E-state index in [2.05, 4.69) is 5.32 Å². The molecule has 1 rings (SSSR count). The molecule has 0 spiro atoms. The Morgan fingerprint density at radius 1 is 1.71 bits per heavy atom. The summed E-state index contributed by atoms with van der Waals surface area (Å²) in [5.74, 6) is -0.862. The average molecular weight is 203 g/mol. The van der Waals surface area contributed by atoms with E-state index in [0.29, 0.717) is 19.8 Å². The van der Waals surface area contributed by atoms with E-state index in [1.807, 2.05) is 6.92 Å². The number of nitrogens with one attached hydrogen (secondary N) is 1. The highest BCUT2D eigenvalue weighted by atomic mass is 16.6. The summed E-state index contributed by atoms with van der Waals surface area (Å²) in [5.41, 5.74) is 0. The minimum atomic E-state index is -0.862. The van der Waals surface area contributed by atoms with Gasteiger partial charge in [-0.25, -0.2) is 0 Å². The predicted octanol–water partition coefficient (Wildman–Crippen LogP) is -0.145. The number of carbonyl (C=O) groups is 1. The number of carboxylic acid groups (broad SMARTS) is 1. The van der Waals surface area contributed by atoms with Crippen molar-refractivity contribution in [2.24, 2.45) is 0 Å². The molecular formula is C9H17NO4. The molecule has 1 saturated heterocycles. The van der Waals surface area contributed by atoms with Crippen LogP contribution in [0.1, 0.15) is 13.3 Å². The molecule has 82 valence electrons. The lowest BCUT2D eigenvalue weighted by Crippen LogP contribution is -2.45. The standard InChI is InChI=1S/C9H17NO4/c1-2-3-10-8(9(11)12)6-14-7-4-13-5-7/h7-8,10H,2-6H2,1H3,(H,11,12). The van der Waals surface area contributed by atoms with Crippen molar-refractivity contribution >= 4 is 5.97 Å². The van der Waals surface area contributed by atoms with E-state index >= 15 is 0 Å². The highest BCUT2D eigenvalue weighted by molar-refractivity contribution is 5.73. The summed E-state index contributed by atoms with van der Waals surface area (Å²) >= 11 is 0. The van der Waals surface area contributed by atoms with Gasteiger partial charge < -0.3 is 19.9 Å². The average Bonchev–Trinajstić information content (AvgIpc) is 2.07. The lowest BCUT2D eigenvalue weighted by atomic mass is 10.3. The third-order valence-electron chi connectivity index (χ3n) is 2.04. The molecule has 1 unspecified atom stereocenters. The van der Waals surface area contributed by atoms with Gasteiger partial charge in [-0.15, -0.1) is 0 Å². The lowest BCUT2D eigenvalue weighted by molar-refractivity contribution is -0.151. The highest BCUT2D eigenvalue weighted by Crippen LogP contribution is 2.05. The number of aliphatic carboxylic acids is 1. The number of ether oxygens (including phenoxy) is 2. The first kappa shape index (κ1) is 11.4. The van der Waals surface area contributed by atoms with E-state index in [9.17, 15) is 4.79 Å². The van der Waals surface area contributed by atoms with Crippen molar-refractivity contribution in [3.05, 3.63) is 0 Å². The first-order chi connectivity index (χ1) is 6.74. The Balaban J connectivity index is 2.16. The minimum absolute atomic E-state index is 0.0836. The van der Waals surface area contributed by atoms with Gasteiger partial charge in [-0.05, 0) is 13.0 Å². The Kier molecular flexibility index (Phi) is 4.86. The Labute approximate surface area is 83.4 Å². The molecule has 0 aromatic heterocycles. The van der Waals surface area contributed by atoms with Crippen LogP contribution in [0.2, 0.25) is 0 Å². The van der Waals surface area contributed by atoms with Gasteiger partial charge >= 0.3 is 5.97 Å². The third kappa shape index (κ3) is 3.61. The molecule has 0 amide bonds. The molecule has 1 aliphatic heterocycles. The van der Waals surface area contributed by atoms with Gasteiger partial charge in [-0.1, -0.05) is 6.92 Å². The second-order valence-corrected chi connectivity index (χ2v) is 3.34. The molecule has 1 fully saturated rings. The first-order valence-corrected chi connectivity index (χ1v) is 4.89. The maximum Gasteiger partial charge on any atom is 0.323 e. The quantitative estimate of drug-likeness (QED) is 0.602. The van der Waals surface area contributed by atoms with Gasteiger partial charge in [0.2, 0.25) is 0 Å². The van der Waals surface area contributed by atoms with Crippen LogP contribution in [0.25, 0.3) is 0 Å². The molecule has 5 nitrogen and oxygen atoms in total. The molecule has 1 heterocycles. The van der Waals surface area contributed by atoms with Crippen LogP contribution in [0.3, 0.4) is 0 Å². The van der Waals surface area contributed by atoms with Gasteiger partial charge in [-0.2, -0.15) is 0 Å². The van der Waals surface area contributed by atoms with Crippen molar-refractivity contribution in [1.82, 2.24) is 5.32 Å². The van der Waals surface area contributed by atoms with Crippen molar-refractivity contribution in [1.29, 1.82) is 0 Å². The number of hydrogen-bond donors (Lipinski definition) is 2. The van der Waals surface area contributed by atoms with Crippen molar-refractivity contribution < 1.29 is 19.4 Å². The molecule has 2 N–H and O–H groups in total. The van der Waals surface area contributed by atoms with Crippen LogP contribution in [0.5, 0.6) is 0 Å². The Morgan fingerprint density at radius 3 is 2.86 bits per heavy atom. The van der Waals surface area contributed by atoms with E-state index in [-0.39, 0.29) is 12.7 Å². The zero-order valence-corrected chi connectivity index (χ0v) is 8.36. The lowest BCUT2D eigenvalue weighted by Gasteiger charge is -2.27. The fraction of sp³-hybridized carbons (Fsp3) is 0.889. The molecule has 1 atom stereocenters. The van der Waals surface area contributed by atoms with Crippen LogP contribution in [0.4, 0.5) is 0 Å². The fourth-order valence-corrected chi connectivity index (χ4v) is 1.08. The summed E-state index contributed by atoms with van der Waals surface area (Å²) in [7, 11) is 0. The van der Waals surface area contributed by atoms with Gasteiger partial charge in [-0.3, -0.25) is 4.79 Å². The Morgan fingerprint density at radius 2 is 2.43 bits per heavy atom. The minimum Gasteiger partial charge on any atom is -0.480 e. The van der Waals surface area contributed by atoms with Gasteiger partial charge in [0.05, 0.1) is 19.8 Å². The predicted molar refractivity (Wildman–Crippen MR) is 50.3 cm³/mol. The second-order valence-electron chi connectivity index (χ2n) is 3.34. The topological polar surface area (TPSA) is 67.8 Å². The maximum absolute atomic E-state index is 10.8. The Bertz CT molecular complexity index is 182. The molecular weight excluding hydrogens is 186 g/mol. The van der Waals surface area contributed by atoms with Gasteiger partial charge in [0.25, 0.3) is 0 Å². The van der Waals surface area contributed by atoms with E-state index in [4.69, 9.17) is 14.6 Å². The van der Waals surface area contributed by atoms with E-state index in [1.54, 1.807) is 0 Å². The number of rotatable bonds is 7. The summed E-state index contributed by atoms with van der Waals surface area (Å²) in [6.45, 7) is 4.07. The van der Waals surface area contributed by atoms with Gasteiger partial charge in [0.15, 0.2) is 0 Å². The summed E-state index contributed by atoms with van der Waals surface area (Å²) < 4.78 is 10.2. The molecule has 0 bridgehead atoms. The van der Waals surface area contributed by atoms with Crippen molar-refractivity contribution in [3.8, 4) is 0 Å². The van der Waals surface area contributed by atoms with Gasteiger partial charge in [0, 0.05) is 0 Å². The molecule has 1 aliphatic rings. The molecule has 14 heavy (non-hydrogen) atoms. The summed E-state index contributed by atoms with van der Waals surface area (Å²) in [5, 5.41) is 11.7. The molecule has 0 aliphatic carbocycles. The fourth-order valence-electron chi connectivity index (χ4n) is 1.08. The number of carboxylic acids is 1. The summed E-state index contributed by atoms with van der Waals surface area (Å²) in [4.78, 5) is 10.8. The van der Waals surface area contributed by atoms with Crippen LogP contribution in [-0.2, 0) is 14.3 Å². The van der Waals surface area contributed by atoms with Crippen LogP contribution >= 0.6 is 0 Å². The summed E-state index contributed by atoms with van der Waals surface area (Å²) in [6.07, 6.45) is 0.997. The third-order valence-corrected chi connectivity index (χ3v) is 2.04. The molecule has 5 heteroatoms. The van der Waals surface area contributed by atoms with Crippen molar-refractivity contribution in [2.45, 2.75) is 25.5 Å². The van der Waals surface area contributed by atoms with Crippen LogP contribution in [0.15, 0.2) is 0 Å². The van der Waals surface area contributed by atoms with E-state index < -0.39 is 12.0 Å². The van der Waals surface area contributed by atoms with E-state index in [0.717, 1.165) is 6.42 Å². The van der Waals surface area contributed by atoms with E-state index in [1.165, 1.54) is 0 Å². The smallest absolute Gasteiger partial charge is 0.323 e. The molecule has 0 aromatic rings. The van der Waals surface area contributed by atoms with Crippen molar-refractivity contribution in [3.63, 3.8) is 0 Å². The van der Waals surface area contributed by atoms with Crippen molar-refractivity contribution in [2.75, 3.05) is 26.4 Å². The monoisotopic (exact) mass is 203 g/mol. The molecule has 0 aromatic carbocycles. The zero-order chi connectivity index (χ0) is 10.4. The summed E-state index contributed by atoms with van der Waals surface area (Å²) in [6, 6.07) is -0.601. The van der Waals surface area contributed by atoms with Crippen LogP contribution in [0, 0.1) is 0 Å². The first-order valence-electron chi connectivity index (χ1n) is 4.89. The maximum atomic E-state index is 10.8. The zero-order valence-electron chi connectivity index (χ0n) is 8.36. The Hall–Kier alpha value is -0.650. The SMILES string of the molecule is CCCNC(COC1COC1)C(=O)O. The highest BCUT2D eigenvalue weighted by Gasteiger charge is 2.23. The second kappa shape index (κ2) is 5.95. The largest absolute Gasteiger partial charge is 0.480 e. The number of hydrogen-bond acceptors (Lipinski definition) is 4.